The molecular weight excluding hydrogens is 263 g/mol. The van der Waals surface area contributed by atoms with E-state index in [0.29, 0.717) is 12.1 Å². The van der Waals surface area contributed by atoms with Crippen molar-refractivity contribution in [3.63, 3.8) is 0 Å². The minimum atomic E-state index is -0.649. The maximum Gasteiger partial charge on any atom is 0.134 e. The van der Waals surface area contributed by atoms with Crippen LogP contribution in [0.1, 0.15) is 32.4 Å². The summed E-state index contributed by atoms with van der Waals surface area (Å²) in [6, 6.07) is 1.52. The number of hydrogen-bond acceptors (Lipinski definition) is 4. The first kappa shape index (κ1) is 18.8. The molecule has 1 aromatic rings. The largest absolute Gasteiger partial charge is 0.506 e. The van der Waals surface area contributed by atoms with Crippen molar-refractivity contribution < 1.29 is 10.2 Å². The second-order valence-corrected chi connectivity index (χ2v) is 4.62. The maximum atomic E-state index is 9.79. The van der Waals surface area contributed by atoms with E-state index in [1.807, 2.05) is 20.8 Å². The predicted molar refractivity (Wildman–Crippen MR) is 73.1 cm³/mol. The third kappa shape index (κ3) is 7.39. The van der Waals surface area contributed by atoms with Gasteiger partial charge in [0.2, 0.25) is 0 Å². The van der Waals surface area contributed by atoms with Gasteiger partial charge in [0.15, 0.2) is 0 Å². The van der Waals surface area contributed by atoms with Crippen LogP contribution in [0, 0.1) is 0 Å². The fraction of sp³-hybridized carbons (Fsp3) is 0.545. The van der Waals surface area contributed by atoms with Gasteiger partial charge < -0.3 is 15.5 Å². The van der Waals surface area contributed by atoms with Crippen molar-refractivity contribution in [3.8, 4) is 5.75 Å². The molecule has 100 valence electrons. The normalized spacial score (nSPS) is 12.2. The summed E-state index contributed by atoms with van der Waals surface area (Å²) < 4.78 is 0. The molecule has 0 saturated heterocycles. The Labute approximate surface area is 114 Å². The Morgan fingerprint density at radius 2 is 1.88 bits per heavy atom. The van der Waals surface area contributed by atoms with Gasteiger partial charge in [-0.2, -0.15) is 0 Å². The number of pyridine rings is 1. The van der Waals surface area contributed by atoms with Crippen LogP contribution in [0.25, 0.3) is 0 Å². The summed E-state index contributed by atoms with van der Waals surface area (Å²) in [4.78, 5) is 3.81. The lowest BCUT2D eigenvalue weighted by Gasteiger charge is -2.22. The lowest BCUT2D eigenvalue weighted by atomic mass is 10.1. The zero-order valence-corrected chi connectivity index (χ0v) is 11.8. The fourth-order valence-corrected chi connectivity index (χ4v) is 1.15. The van der Waals surface area contributed by atoms with Crippen molar-refractivity contribution in [2.24, 2.45) is 0 Å². The molecule has 1 unspecified atom stereocenters. The average Bonchev–Trinajstić information content (AvgIpc) is 2.13. The molecule has 0 fully saturated rings. The lowest BCUT2D eigenvalue weighted by Crippen LogP contribution is -2.38. The minimum absolute atomic E-state index is 0. The van der Waals surface area contributed by atoms with Gasteiger partial charge in [0.1, 0.15) is 5.75 Å². The highest BCUT2D eigenvalue weighted by molar-refractivity contribution is 5.85. The predicted octanol–water partition coefficient (Wildman–Crippen LogP) is 2.05. The average molecular weight is 283 g/mol. The van der Waals surface area contributed by atoms with Crippen LogP contribution < -0.4 is 5.32 Å². The molecule has 1 rings (SSSR count). The number of aliphatic hydroxyl groups excluding tert-OH is 1. The zero-order chi connectivity index (χ0) is 11.5. The number of aromatic hydroxyl groups is 1. The first-order valence-electron chi connectivity index (χ1n) is 4.95. The van der Waals surface area contributed by atoms with Crippen molar-refractivity contribution in [1.82, 2.24) is 10.3 Å². The van der Waals surface area contributed by atoms with Crippen LogP contribution in [0.2, 0.25) is 0 Å². The van der Waals surface area contributed by atoms with Crippen molar-refractivity contribution in [2.75, 3.05) is 6.54 Å². The van der Waals surface area contributed by atoms with Gasteiger partial charge >= 0.3 is 0 Å². The van der Waals surface area contributed by atoms with E-state index in [1.54, 1.807) is 6.20 Å². The van der Waals surface area contributed by atoms with Crippen LogP contribution in [0.4, 0.5) is 0 Å². The number of halogens is 2. The molecule has 0 aromatic carbocycles. The lowest BCUT2D eigenvalue weighted by molar-refractivity contribution is 0.162. The highest BCUT2D eigenvalue weighted by atomic mass is 35.5. The molecule has 4 nitrogen and oxygen atoms in total. The smallest absolute Gasteiger partial charge is 0.134 e. The number of nitrogens with zero attached hydrogens (tertiary/aromatic N) is 1. The molecule has 0 radical (unpaired) electrons. The summed E-state index contributed by atoms with van der Waals surface area (Å²) in [5.74, 6) is 0.0716. The Bertz CT molecular complexity index is 329. The second-order valence-electron chi connectivity index (χ2n) is 4.62. The molecule has 1 heterocycles. The molecule has 0 aliphatic carbocycles. The minimum Gasteiger partial charge on any atom is -0.506 e. The molecule has 0 aliphatic heterocycles. The summed E-state index contributed by atoms with van der Waals surface area (Å²) in [6.45, 7) is 6.52. The van der Waals surface area contributed by atoms with Crippen LogP contribution in [-0.4, -0.2) is 27.3 Å². The third-order valence-corrected chi connectivity index (χ3v) is 1.96. The molecule has 3 N–H and O–H groups in total. The molecule has 6 heteroatoms. The van der Waals surface area contributed by atoms with E-state index in [-0.39, 0.29) is 36.1 Å². The highest BCUT2D eigenvalue weighted by Gasteiger charge is 2.13. The first-order chi connectivity index (χ1) is 6.88. The maximum absolute atomic E-state index is 9.79. The Kier molecular flexibility index (Phi) is 8.53. The highest BCUT2D eigenvalue weighted by Crippen LogP contribution is 2.16. The Hall–Kier alpha value is -0.550. The van der Waals surface area contributed by atoms with E-state index < -0.39 is 6.10 Å². The SMILES string of the molecule is CC(C)(C)NCC(O)c1cncc(O)c1.Cl.Cl. The first-order valence-corrected chi connectivity index (χ1v) is 4.95. The monoisotopic (exact) mass is 282 g/mol. The van der Waals surface area contributed by atoms with Crippen LogP contribution in [0.5, 0.6) is 5.75 Å². The molecule has 0 amide bonds. The van der Waals surface area contributed by atoms with Gasteiger partial charge in [-0.25, -0.2) is 0 Å². The molecule has 0 saturated carbocycles. The van der Waals surface area contributed by atoms with E-state index in [2.05, 4.69) is 10.3 Å². The summed E-state index contributed by atoms with van der Waals surface area (Å²) in [5, 5.41) is 22.2. The third-order valence-electron chi connectivity index (χ3n) is 1.96. The van der Waals surface area contributed by atoms with Gasteiger partial charge in [0, 0.05) is 23.8 Å². The van der Waals surface area contributed by atoms with Crippen molar-refractivity contribution in [2.45, 2.75) is 32.4 Å². The van der Waals surface area contributed by atoms with Gasteiger partial charge in [-0.3, -0.25) is 4.98 Å². The molecule has 1 aromatic heterocycles. The van der Waals surface area contributed by atoms with E-state index >= 15 is 0 Å². The molecule has 17 heavy (non-hydrogen) atoms. The van der Waals surface area contributed by atoms with Crippen LogP contribution in [0.15, 0.2) is 18.5 Å². The van der Waals surface area contributed by atoms with Gasteiger partial charge in [-0.15, -0.1) is 24.8 Å². The van der Waals surface area contributed by atoms with Crippen molar-refractivity contribution in [1.29, 1.82) is 0 Å². The van der Waals surface area contributed by atoms with Gasteiger partial charge in [0.25, 0.3) is 0 Å². The van der Waals surface area contributed by atoms with E-state index in [9.17, 15) is 10.2 Å². The van der Waals surface area contributed by atoms with Crippen LogP contribution >= 0.6 is 24.8 Å². The number of rotatable bonds is 3. The van der Waals surface area contributed by atoms with Gasteiger partial charge in [0.05, 0.1) is 12.3 Å². The Morgan fingerprint density at radius 3 is 2.35 bits per heavy atom. The fourth-order valence-electron chi connectivity index (χ4n) is 1.15. The topological polar surface area (TPSA) is 65.4 Å². The number of aromatic nitrogens is 1. The number of aliphatic hydroxyl groups is 1. The Balaban J connectivity index is 0. The molecule has 0 spiro atoms. The van der Waals surface area contributed by atoms with Gasteiger partial charge in [-0.05, 0) is 26.8 Å². The van der Waals surface area contributed by atoms with E-state index in [0.717, 1.165) is 0 Å². The standard InChI is InChI=1S/C11H18N2O2.2ClH/c1-11(2,3)13-7-10(15)8-4-9(14)6-12-5-8;;/h4-6,10,13-15H,7H2,1-3H3;2*1H. The summed E-state index contributed by atoms with van der Waals surface area (Å²) >= 11 is 0. The van der Waals surface area contributed by atoms with E-state index in [4.69, 9.17) is 0 Å². The molecular formula is C11H20Cl2N2O2. The number of nitrogens with one attached hydrogen (secondary N) is 1. The van der Waals surface area contributed by atoms with Crippen molar-refractivity contribution in [3.05, 3.63) is 24.0 Å². The Morgan fingerprint density at radius 1 is 1.29 bits per heavy atom. The van der Waals surface area contributed by atoms with E-state index in [1.165, 1.54) is 12.3 Å². The second kappa shape index (κ2) is 7.71. The molecule has 0 aliphatic rings. The van der Waals surface area contributed by atoms with Crippen LogP contribution in [0.3, 0.4) is 0 Å². The van der Waals surface area contributed by atoms with Gasteiger partial charge in [-0.1, -0.05) is 0 Å². The zero-order valence-electron chi connectivity index (χ0n) is 10.2. The van der Waals surface area contributed by atoms with Crippen LogP contribution in [-0.2, 0) is 0 Å². The summed E-state index contributed by atoms with van der Waals surface area (Å²) in [7, 11) is 0. The van der Waals surface area contributed by atoms with Crippen molar-refractivity contribution >= 4 is 24.8 Å². The quantitative estimate of drug-likeness (QED) is 0.794. The molecule has 1 atom stereocenters. The number of β-amino-alcohol motifs (C(OH)–C–C–N with tert-alkyl or cyclic N) is 1. The summed E-state index contributed by atoms with van der Waals surface area (Å²) in [5.41, 5.74) is 0.581. The number of hydrogen-bond donors (Lipinski definition) is 3. The molecule has 0 bridgehead atoms. The summed E-state index contributed by atoms with van der Waals surface area (Å²) in [6.07, 6.45) is 2.24.